The molecule has 2 heterocycles. The summed E-state index contributed by atoms with van der Waals surface area (Å²) in [7, 11) is 1.57. The number of carboxylic acids is 1. The van der Waals surface area contributed by atoms with Gasteiger partial charge in [0.15, 0.2) is 0 Å². The second-order valence-electron chi connectivity index (χ2n) is 7.08. The fourth-order valence-electron chi connectivity index (χ4n) is 3.75. The van der Waals surface area contributed by atoms with Crippen LogP contribution in [-0.4, -0.2) is 48.6 Å². The predicted octanol–water partition coefficient (Wildman–Crippen LogP) is 3.33. The average Bonchev–Trinajstić information content (AvgIpc) is 3.05. The van der Waals surface area contributed by atoms with Crippen molar-refractivity contribution < 1.29 is 23.8 Å². The van der Waals surface area contributed by atoms with E-state index in [4.69, 9.17) is 14.3 Å². The van der Waals surface area contributed by atoms with Crippen molar-refractivity contribution in [1.29, 1.82) is 0 Å². The number of likely N-dealkylation sites (tertiary alicyclic amines) is 1. The van der Waals surface area contributed by atoms with E-state index in [0.717, 1.165) is 16.4 Å². The van der Waals surface area contributed by atoms with Crippen molar-refractivity contribution in [3.63, 3.8) is 0 Å². The molecule has 1 amide bonds. The largest absolute Gasteiger partial charge is 0.495 e. The number of benzene rings is 2. The van der Waals surface area contributed by atoms with E-state index in [-0.39, 0.29) is 18.4 Å². The summed E-state index contributed by atoms with van der Waals surface area (Å²) in [4.78, 5) is 25.5. The summed E-state index contributed by atoms with van der Waals surface area (Å²) in [5.41, 5.74) is 2.02. The van der Waals surface area contributed by atoms with Crippen LogP contribution in [0.1, 0.15) is 12.8 Å². The van der Waals surface area contributed by atoms with Gasteiger partial charge in [-0.25, -0.2) is 0 Å². The zero-order valence-corrected chi connectivity index (χ0v) is 15.6. The van der Waals surface area contributed by atoms with Gasteiger partial charge in [-0.15, -0.1) is 0 Å². The zero-order valence-electron chi connectivity index (χ0n) is 15.6. The predicted molar refractivity (Wildman–Crippen MR) is 106 cm³/mol. The lowest BCUT2D eigenvalue weighted by Gasteiger charge is -2.29. The van der Waals surface area contributed by atoms with Crippen molar-refractivity contribution in [2.24, 2.45) is 5.92 Å². The number of methoxy groups -OCH3 is 1. The molecule has 1 aromatic heterocycles. The molecule has 7 heteroatoms. The lowest BCUT2D eigenvalue weighted by atomic mass is 9.97. The second kappa shape index (κ2) is 7.52. The topological polar surface area (TPSA) is 92.0 Å². The Labute approximate surface area is 161 Å². The summed E-state index contributed by atoms with van der Waals surface area (Å²) >= 11 is 0. The quantitative estimate of drug-likeness (QED) is 0.703. The molecule has 28 heavy (non-hydrogen) atoms. The third-order valence-corrected chi connectivity index (χ3v) is 5.28. The van der Waals surface area contributed by atoms with Gasteiger partial charge in [-0.1, -0.05) is 18.2 Å². The van der Waals surface area contributed by atoms with Crippen molar-refractivity contribution in [3.8, 4) is 5.75 Å². The van der Waals surface area contributed by atoms with Crippen LogP contribution in [0.2, 0.25) is 0 Å². The number of anilines is 1. The van der Waals surface area contributed by atoms with E-state index in [2.05, 4.69) is 5.32 Å². The molecule has 0 bridgehead atoms. The molecule has 1 fully saturated rings. The SMILES string of the molecule is COc1cc2c(cc1NC(=O)CN1CCC(C(=O)O)CC1)oc1ccccc12. The van der Waals surface area contributed by atoms with E-state index >= 15 is 0 Å². The van der Waals surface area contributed by atoms with E-state index in [1.165, 1.54) is 0 Å². The average molecular weight is 382 g/mol. The smallest absolute Gasteiger partial charge is 0.306 e. The summed E-state index contributed by atoms with van der Waals surface area (Å²) in [5.74, 6) is -0.664. The number of fused-ring (bicyclic) bond motifs is 3. The number of hydrogen-bond donors (Lipinski definition) is 2. The molecule has 2 aromatic carbocycles. The summed E-state index contributed by atoms with van der Waals surface area (Å²) in [6, 6.07) is 11.4. The Kier molecular flexibility index (Phi) is 4.92. The van der Waals surface area contributed by atoms with E-state index in [9.17, 15) is 9.59 Å². The van der Waals surface area contributed by atoms with Crippen LogP contribution < -0.4 is 10.1 Å². The molecule has 4 rings (SSSR count). The van der Waals surface area contributed by atoms with Gasteiger partial charge in [-0.05, 0) is 38.1 Å². The van der Waals surface area contributed by atoms with Gasteiger partial charge in [-0.2, -0.15) is 0 Å². The molecule has 1 aliphatic heterocycles. The molecule has 0 atom stereocenters. The van der Waals surface area contributed by atoms with Crippen molar-refractivity contribution in [3.05, 3.63) is 36.4 Å². The molecule has 0 unspecified atom stereocenters. The van der Waals surface area contributed by atoms with Crippen LogP contribution in [0, 0.1) is 5.92 Å². The normalized spacial score (nSPS) is 15.8. The molecule has 7 nitrogen and oxygen atoms in total. The van der Waals surface area contributed by atoms with Gasteiger partial charge in [-0.3, -0.25) is 14.5 Å². The maximum absolute atomic E-state index is 12.5. The van der Waals surface area contributed by atoms with Crippen LogP contribution >= 0.6 is 0 Å². The number of carbonyl (C=O) groups excluding carboxylic acids is 1. The van der Waals surface area contributed by atoms with Crippen LogP contribution in [0.15, 0.2) is 40.8 Å². The van der Waals surface area contributed by atoms with Crippen LogP contribution in [0.4, 0.5) is 5.69 Å². The van der Waals surface area contributed by atoms with Crippen LogP contribution in [0.5, 0.6) is 5.75 Å². The first-order valence-corrected chi connectivity index (χ1v) is 9.29. The molecule has 1 saturated heterocycles. The van der Waals surface area contributed by atoms with Gasteiger partial charge in [0.1, 0.15) is 16.9 Å². The van der Waals surface area contributed by atoms with Gasteiger partial charge in [0.05, 0.1) is 25.3 Å². The molecule has 0 saturated carbocycles. The first-order valence-electron chi connectivity index (χ1n) is 9.29. The van der Waals surface area contributed by atoms with Crippen molar-refractivity contribution in [2.75, 3.05) is 32.1 Å². The highest BCUT2D eigenvalue weighted by Crippen LogP contribution is 2.36. The van der Waals surface area contributed by atoms with Crippen LogP contribution in [0.25, 0.3) is 21.9 Å². The van der Waals surface area contributed by atoms with E-state index in [1.807, 2.05) is 35.2 Å². The van der Waals surface area contributed by atoms with E-state index in [1.54, 1.807) is 13.2 Å². The summed E-state index contributed by atoms with van der Waals surface area (Å²) in [5, 5.41) is 13.9. The lowest BCUT2D eigenvalue weighted by molar-refractivity contribution is -0.143. The highest BCUT2D eigenvalue weighted by atomic mass is 16.5. The van der Waals surface area contributed by atoms with Crippen molar-refractivity contribution >= 4 is 39.5 Å². The van der Waals surface area contributed by atoms with Gasteiger partial charge < -0.3 is 19.6 Å². The monoisotopic (exact) mass is 382 g/mol. The Morgan fingerprint density at radius 2 is 1.93 bits per heavy atom. The van der Waals surface area contributed by atoms with Gasteiger partial charge in [0.25, 0.3) is 0 Å². The maximum Gasteiger partial charge on any atom is 0.306 e. The molecule has 2 N–H and O–H groups in total. The molecule has 1 aliphatic rings. The number of piperidine rings is 1. The number of carboxylic acid groups (broad SMARTS) is 1. The summed E-state index contributed by atoms with van der Waals surface area (Å²) in [6.45, 7) is 1.42. The van der Waals surface area contributed by atoms with Crippen LogP contribution in [-0.2, 0) is 9.59 Å². The highest BCUT2D eigenvalue weighted by Gasteiger charge is 2.25. The molecular weight excluding hydrogens is 360 g/mol. The Morgan fingerprint density at radius 1 is 1.18 bits per heavy atom. The third-order valence-electron chi connectivity index (χ3n) is 5.28. The lowest BCUT2D eigenvalue weighted by Crippen LogP contribution is -2.40. The van der Waals surface area contributed by atoms with E-state index in [0.29, 0.717) is 43.0 Å². The van der Waals surface area contributed by atoms with Gasteiger partial charge >= 0.3 is 5.97 Å². The number of furan rings is 1. The Balaban J connectivity index is 1.50. The fourth-order valence-corrected chi connectivity index (χ4v) is 3.75. The van der Waals surface area contributed by atoms with Crippen molar-refractivity contribution in [1.82, 2.24) is 4.90 Å². The minimum Gasteiger partial charge on any atom is -0.495 e. The molecule has 0 spiro atoms. The number of para-hydroxylation sites is 1. The Hall–Kier alpha value is -3.06. The number of amides is 1. The summed E-state index contributed by atoms with van der Waals surface area (Å²) < 4.78 is 11.4. The Morgan fingerprint density at radius 3 is 2.64 bits per heavy atom. The number of nitrogens with zero attached hydrogens (tertiary/aromatic N) is 1. The van der Waals surface area contributed by atoms with Gasteiger partial charge in [0.2, 0.25) is 5.91 Å². The Bertz CT molecular complexity index is 1030. The molecule has 146 valence electrons. The molecule has 0 radical (unpaired) electrons. The molecule has 0 aliphatic carbocycles. The number of carbonyl (C=O) groups is 2. The maximum atomic E-state index is 12.5. The minimum absolute atomic E-state index is 0.164. The number of nitrogens with one attached hydrogen (secondary N) is 1. The standard InChI is InChI=1S/C21H22N2O5/c1-27-19-10-15-14-4-2-3-5-17(14)28-18(15)11-16(19)22-20(24)12-23-8-6-13(7-9-23)21(25)26/h2-5,10-11,13H,6-9,12H2,1H3,(H,22,24)(H,25,26). The van der Waals surface area contributed by atoms with Gasteiger partial charge in [0, 0.05) is 16.8 Å². The number of hydrogen-bond acceptors (Lipinski definition) is 5. The molecule has 3 aromatic rings. The minimum atomic E-state index is -0.757. The first-order chi connectivity index (χ1) is 13.5. The number of ether oxygens (including phenoxy) is 1. The number of aliphatic carboxylic acids is 1. The van der Waals surface area contributed by atoms with Crippen LogP contribution in [0.3, 0.4) is 0 Å². The zero-order chi connectivity index (χ0) is 19.7. The molecular formula is C21H22N2O5. The van der Waals surface area contributed by atoms with E-state index < -0.39 is 5.97 Å². The summed E-state index contributed by atoms with van der Waals surface area (Å²) in [6.07, 6.45) is 1.13. The third kappa shape index (κ3) is 3.53. The van der Waals surface area contributed by atoms with Crippen molar-refractivity contribution in [2.45, 2.75) is 12.8 Å². The first kappa shape index (κ1) is 18.3. The number of rotatable bonds is 5. The fraction of sp³-hybridized carbons (Fsp3) is 0.333. The highest BCUT2D eigenvalue weighted by molar-refractivity contribution is 6.07. The second-order valence-corrected chi connectivity index (χ2v) is 7.08.